The molecule has 0 aliphatic carbocycles. The number of fused-ring (bicyclic) bond motifs is 1. The molecule has 1 unspecified atom stereocenters. The van der Waals surface area contributed by atoms with Crippen molar-refractivity contribution < 1.29 is 9.59 Å². The van der Waals surface area contributed by atoms with Gasteiger partial charge in [-0.1, -0.05) is 18.2 Å². The van der Waals surface area contributed by atoms with Crippen LogP contribution in [0.25, 0.3) is 0 Å². The summed E-state index contributed by atoms with van der Waals surface area (Å²) in [6.45, 7) is 0.401. The van der Waals surface area contributed by atoms with E-state index in [4.69, 9.17) is 0 Å². The molecule has 1 atom stereocenters. The second-order valence-electron chi connectivity index (χ2n) is 4.59. The van der Waals surface area contributed by atoms with Gasteiger partial charge in [-0.3, -0.25) is 9.59 Å². The molecule has 1 aromatic carbocycles. The van der Waals surface area contributed by atoms with Crippen LogP contribution in [0.1, 0.15) is 23.6 Å². The fraction of sp³-hybridized carbons (Fsp3) is 0.214. The predicted molar refractivity (Wildman–Crippen MR) is 76.4 cm³/mol. The van der Waals surface area contributed by atoms with Gasteiger partial charge in [0, 0.05) is 17.5 Å². The van der Waals surface area contributed by atoms with E-state index in [1.807, 2.05) is 29.6 Å². The van der Waals surface area contributed by atoms with Crippen molar-refractivity contribution in [2.75, 3.05) is 5.32 Å². The van der Waals surface area contributed by atoms with Gasteiger partial charge in [0.25, 0.3) is 0 Å². The van der Waals surface area contributed by atoms with Crippen LogP contribution in [0.4, 0.5) is 5.69 Å². The summed E-state index contributed by atoms with van der Waals surface area (Å²) in [5, 5.41) is 7.47. The molecule has 20 heavy (non-hydrogen) atoms. The van der Waals surface area contributed by atoms with Gasteiger partial charge < -0.3 is 10.6 Å². The number of rotatable bonds is 4. The number of anilines is 1. The van der Waals surface area contributed by atoms with Gasteiger partial charge in [0.05, 0.1) is 23.7 Å². The van der Waals surface area contributed by atoms with Crippen LogP contribution in [-0.4, -0.2) is 16.8 Å². The third-order valence-corrected chi connectivity index (χ3v) is 3.89. The smallest absolute Gasteiger partial charge is 0.232 e. The van der Waals surface area contributed by atoms with Crippen molar-refractivity contribution >= 4 is 28.8 Å². The van der Waals surface area contributed by atoms with Crippen LogP contribution >= 0.6 is 11.3 Å². The lowest BCUT2D eigenvalue weighted by Gasteiger charge is -2.08. The summed E-state index contributed by atoms with van der Waals surface area (Å²) in [6.07, 6.45) is 0.160. The zero-order valence-electron chi connectivity index (χ0n) is 10.6. The largest absolute Gasteiger partial charge is 0.350 e. The number of nitrogens with zero attached hydrogens (tertiary/aromatic N) is 1. The lowest BCUT2D eigenvalue weighted by molar-refractivity contribution is -0.125. The highest BCUT2D eigenvalue weighted by Crippen LogP contribution is 2.34. The summed E-state index contributed by atoms with van der Waals surface area (Å²) in [5.41, 5.74) is 4.25. The Labute approximate surface area is 120 Å². The van der Waals surface area contributed by atoms with Gasteiger partial charge in [0.15, 0.2) is 0 Å². The van der Waals surface area contributed by atoms with Crippen LogP contribution < -0.4 is 10.6 Å². The molecule has 0 bridgehead atoms. The molecule has 102 valence electrons. The van der Waals surface area contributed by atoms with Crippen molar-refractivity contribution in [3.05, 3.63) is 46.4 Å². The number of thiazole rings is 1. The molecule has 1 aromatic heterocycles. The lowest BCUT2D eigenvalue weighted by atomic mass is 9.97. The Hall–Kier alpha value is -2.21. The van der Waals surface area contributed by atoms with E-state index in [1.165, 1.54) is 11.3 Å². The molecule has 1 aliphatic heterocycles. The van der Waals surface area contributed by atoms with E-state index in [9.17, 15) is 9.59 Å². The monoisotopic (exact) mass is 287 g/mol. The molecule has 1 aliphatic rings. The van der Waals surface area contributed by atoms with Crippen molar-refractivity contribution in [2.45, 2.75) is 18.9 Å². The van der Waals surface area contributed by atoms with Gasteiger partial charge in [0.1, 0.15) is 0 Å². The van der Waals surface area contributed by atoms with Gasteiger partial charge in [0.2, 0.25) is 11.8 Å². The highest BCUT2D eigenvalue weighted by molar-refractivity contribution is 7.07. The van der Waals surface area contributed by atoms with Crippen LogP contribution in [0, 0.1) is 0 Å². The Kier molecular flexibility index (Phi) is 3.47. The Morgan fingerprint density at radius 1 is 1.40 bits per heavy atom. The summed E-state index contributed by atoms with van der Waals surface area (Å²) in [5.74, 6) is -0.661. The topological polar surface area (TPSA) is 71.1 Å². The maximum atomic E-state index is 11.9. The minimum Gasteiger partial charge on any atom is -0.350 e. The van der Waals surface area contributed by atoms with Gasteiger partial charge in [-0.05, 0) is 11.6 Å². The Bertz CT molecular complexity index is 640. The fourth-order valence-electron chi connectivity index (χ4n) is 2.25. The van der Waals surface area contributed by atoms with Gasteiger partial charge >= 0.3 is 0 Å². The van der Waals surface area contributed by atoms with Crippen LogP contribution in [0.3, 0.4) is 0 Å². The number of benzene rings is 1. The first-order chi connectivity index (χ1) is 9.74. The Balaban J connectivity index is 1.63. The maximum Gasteiger partial charge on any atom is 0.232 e. The van der Waals surface area contributed by atoms with Crippen LogP contribution in [-0.2, 0) is 16.1 Å². The normalized spacial score (nSPS) is 16.6. The fourth-order valence-corrected chi connectivity index (χ4v) is 2.81. The van der Waals surface area contributed by atoms with E-state index < -0.39 is 5.92 Å². The first kappa shape index (κ1) is 12.8. The van der Waals surface area contributed by atoms with Crippen molar-refractivity contribution in [1.29, 1.82) is 0 Å². The van der Waals surface area contributed by atoms with Crippen molar-refractivity contribution in [2.24, 2.45) is 0 Å². The summed E-state index contributed by atoms with van der Waals surface area (Å²) in [7, 11) is 0. The average molecular weight is 287 g/mol. The third-order valence-electron chi connectivity index (χ3n) is 3.25. The number of aromatic nitrogens is 1. The summed E-state index contributed by atoms with van der Waals surface area (Å²) in [6, 6.07) is 7.47. The minimum absolute atomic E-state index is 0.116. The van der Waals surface area contributed by atoms with E-state index in [2.05, 4.69) is 15.6 Å². The number of carbonyl (C=O) groups is 2. The molecule has 2 N–H and O–H groups in total. The van der Waals surface area contributed by atoms with Crippen molar-refractivity contribution in [3.63, 3.8) is 0 Å². The Morgan fingerprint density at radius 2 is 2.25 bits per heavy atom. The van der Waals surface area contributed by atoms with Crippen LogP contribution in [0.2, 0.25) is 0 Å². The molecule has 6 heteroatoms. The second kappa shape index (κ2) is 5.42. The van der Waals surface area contributed by atoms with Gasteiger partial charge in [-0.2, -0.15) is 0 Å². The molecular weight excluding hydrogens is 274 g/mol. The van der Waals surface area contributed by atoms with Crippen molar-refractivity contribution in [1.82, 2.24) is 10.3 Å². The molecule has 2 amide bonds. The third kappa shape index (κ3) is 2.55. The Morgan fingerprint density at radius 3 is 3.05 bits per heavy atom. The second-order valence-corrected chi connectivity index (χ2v) is 5.31. The van der Waals surface area contributed by atoms with E-state index in [1.54, 1.807) is 5.51 Å². The standard InChI is InChI=1S/C14H13N3O2S/c18-13(15-6-9-7-20-8-16-9)5-11-10-3-1-2-4-12(10)17-14(11)19/h1-4,7-8,11H,5-6H2,(H,15,18)(H,17,19). The molecule has 0 spiro atoms. The van der Waals surface area contributed by atoms with E-state index in [0.29, 0.717) is 6.54 Å². The number of nitrogens with one attached hydrogen (secondary N) is 2. The first-order valence-electron chi connectivity index (χ1n) is 6.27. The molecule has 2 aromatic rings. The SMILES string of the molecule is O=C(CC1C(=O)Nc2ccccc21)NCc1cscn1. The van der Waals surface area contributed by atoms with E-state index >= 15 is 0 Å². The number of para-hydroxylation sites is 1. The molecule has 3 rings (SSSR count). The van der Waals surface area contributed by atoms with E-state index in [-0.39, 0.29) is 18.2 Å². The number of hydrogen-bond donors (Lipinski definition) is 2. The molecule has 2 heterocycles. The highest BCUT2D eigenvalue weighted by atomic mass is 32.1. The minimum atomic E-state index is -0.401. The first-order valence-corrected chi connectivity index (χ1v) is 7.22. The summed E-state index contributed by atoms with van der Waals surface area (Å²) < 4.78 is 0. The van der Waals surface area contributed by atoms with Crippen molar-refractivity contribution in [3.8, 4) is 0 Å². The lowest BCUT2D eigenvalue weighted by Crippen LogP contribution is -2.26. The number of amides is 2. The zero-order chi connectivity index (χ0) is 13.9. The quantitative estimate of drug-likeness (QED) is 0.902. The molecular formula is C14H13N3O2S. The molecule has 5 nitrogen and oxygen atoms in total. The van der Waals surface area contributed by atoms with Gasteiger partial charge in [-0.15, -0.1) is 11.3 Å². The summed E-state index contributed by atoms with van der Waals surface area (Å²) in [4.78, 5) is 27.9. The van der Waals surface area contributed by atoms with Crippen LogP contribution in [0.15, 0.2) is 35.2 Å². The van der Waals surface area contributed by atoms with Gasteiger partial charge in [-0.25, -0.2) is 4.98 Å². The number of carbonyl (C=O) groups excluding carboxylic acids is 2. The molecule has 0 fully saturated rings. The molecule has 0 saturated carbocycles. The zero-order valence-corrected chi connectivity index (χ0v) is 11.4. The predicted octanol–water partition coefficient (Wildman–Crippen LogP) is 1.89. The highest BCUT2D eigenvalue weighted by Gasteiger charge is 2.31. The molecule has 0 saturated heterocycles. The number of hydrogen-bond acceptors (Lipinski definition) is 4. The average Bonchev–Trinajstić information content (AvgIpc) is 3.06. The summed E-state index contributed by atoms with van der Waals surface area (Å²) >= 11 is 1.49. The maximum absolute atomic E-state index is 11.9. The van der Waals surface area contributed by atoms with Crippen LogP contribution in [0.5, 0.6) is 0 Å². The van der Waals surface area contributed by atoms with E-state index in [0.717, 1.165) is 16.9 Å². The molecule has 0 radical (unpaired) electrons.